The summed E-state index contributed by atoms with van der Waals surface area (Å²) in [6.07, 6.45) is 2.65. The van der Waals surface area contributed by atoms with Crippen LogP contribution in [0.1, 0.15) is 43.1 Å². The first-order valence-corrected chi connectivity index (χ1v) is 11.9. The Bertz CT molecular complexity index is 1410. The van der Waals surface area contributed by atoms with Gasteiger partial charge in [-0.15, -0.1) is 5.10 Å². The van der Waals surface area contributed by atoms with Gasteiger partial charge in [0.1, 0.15) is 11.8 Å². The van der Waals surface area contributed by atoms with Gasteiger partial charge in [0.25, 0.3) is 11.5 Å². The normalized spacial score (nSPS) is 16.9. The molecule has 0 bridgehead atoms. The Morgan fingerprint density at radius 3 is 2.78 bits per heavy atom. The Morgan fingerprint density at radius 2 is 2.08 bits per heavy atom. The zero-order valence-corrected chi connectivity index (χ0v) is 20.6. The van der Waals surface area contributed by atoms with E-state index >= 15 is 0 Å². The van der Waals surface area contributed by atoms with Gasteiger partial charge in [0.05, 0.1) is 36.6 Å². The predicted octanol–water partition coefficient (Wildman–Crippen LogP) is 2.85. The van der Waals surface area contributed by atoms with Crippen LogP contribution >= 0.6 is 0 Å². The van der Waals surface area contributed by atoms with Crippen LogP contribution < -0.4 is 10.5 Å². The Balaban J connectivity index is 1.67. The van der Waals surface area contributed by atoms with Crippen LogP contribution in [0.2, 0.25) is 0 Å². The van der Waals surface area contributed by atoms with E-state index in [1.165, 1.54) is 21.7 Å². The summed E-state index contributed by atoms with van der Waals surface area (Å²) in [6, 6.07) is 8.37. The fourth-order valence-electron chi connectivity index (χ4n) is 4.75. The lowest BCUT2D eigenvalue weighted by Gasteiger charge is -2.38. The van der Waals surface area contributed by atoms with Crippen molar-refractivity contribution in [1.82, 2.24) is 24.5 Å². The van der Waals surface area contributed by atoms with Crippen molar-refractivity contribution in [2.24, 2.45) is 13.0 Å². The molecule has 0 amide bonds. The van der Waals surface area contributed by atoms with Gasteiger partial charge < -0.3 is 14.6 Å². The van der Waals surface area contributed by atoms with Gasteiger partial charge in [-0.1, -0.05) is 24.6 Å². The van der Waals surface area contributed by atoms with Gasteiger partial charge in [-0.3, -0.25) is 9.59 Å². The van der Waals surface area contributed by atoms with Gasteiger partial charge in [-0.05, 0) is 30.0 Å². The van der Waals surface area contributed by atoms with Gasteiger partial charge in [0.15, 0.2) is 5.69 Å². The highest BCUT2D eigenvalue weighted by Gasteiger charge is 2.41. The number of carboxylic acids is 1. The smallest absolute Gasteiger partial charge is 0.303 e. The molecule has 1 saturated heterocycles. The molecule has 1 aliphatic rings. The minimum atomic E-state index is -3.10. The zero-order valence-electron chi connectivity index (χ0n) is 20.6. The lowest BCUT2D eigenvalue weighted by atomic mass is 9.92. The van der Waals surface area contributed by atoms with Crippen molar-refractivity contribution >= 4 is 11.7 Å². The zero-order chi connectivity index (χ0) is 26.7. The number of aliphatic carboxylic acids is 1. The summed E-state index contributed by atoms with van der Waals surface area (Å²) in [5, 5.41) is 27.1. The van der Waals surface area contributed by atoms with Crippen LogP contribution in [-0.4, -0.2) is 54.6 Å². The Kier molecular flexibility index (Phi) is 7.33. The molecule has 0 radical (unpaired) electrons. The first-order chi connectivity index (χ1) is 17.6. The van der Waals surface area contributed by atoms with Crippen LogP contribution in [0.3, 0.4) is 0 Å². The molecule has 0 saturated carbocycles. The van der Waals surface area contributed by atoms with Gasteiger partial charge >= 0.3 is 5.97 Å². The molecule has 1 atom stereocenters. The molecule has 0 unspecified atom stereocenters. The van der Waals surface area contributed by atoms with E-state index in [9.17, 15) is 23.6 Å². The van der Waals surface area contributed by atoms with E-state index in [0.29, 0.717) is 17.1 Å². The molecular weight excluding hydrogens is 484 g/mol. The molecule has 1 fully saturated rings. The third-order valence-corrected chi connectivity index (χ3v) is 6.36. The van der Waals surface area contributed by atoms with Crippen LogP contribution in [-0.2, 0) is 24.8 Å². The summed E-state index contributed by atoms with van der Waals surface area (Å²) in [4.78, 5) is 29.3. The Labute approximate surface area is 211 Å². The highest BCUT2D eigenvalue weighted by atomic mass is 19.3. The number of halogens is 2. The van der Waals surface area contributed by atoms with Crippen molar-refractivity contribution in [3.8, 4) is 17.5 Å². The monoisotopic (exact) mass is 511 g/mol. The number of carboxylic acid groups (broad SMARTS) is 1. The average molecular weight is 512 g/mol. The second kappa shape index (κ2) is 10.5. The number of piperidine rings is 1. The van der Waals surface area contributed by atoms with Crippen LogP contribution in [0, 0.1) is 17.2 Å². The third-order valence-electron chi connectivity index (χ3n) is 6.36. The number of aryl methyl sites for hydroxylation is 2. The number of nitriles is 1. The number of pyridine rings is 2. The predicted molar refractivity (Wildman–Crippen MR) is 130 cm³/mol. The molecule has 3 aromatic rings. The highest BCUT2D eigenvalue weighted by Crippen LogP contribution is 2.36. The van der Waals surface area contributed by atoms with Crippen molar-refractivity contribution in [3.63, 3.8) is 0 Å². The van der Waals surface area contributed by atoms with Crippen molar-refractivity contribution in [2.45, 2.75) is 45.1 Å². The molecule has 10 nitrogen and oxygen atoms in total. The van der Waals surface area contributed by atoms with E-state index in [1.54, 1.807) is 29.9 Å². The van der Waals surface area contributed by atoms with Crippen molar-refractivity contribution in [3.05, 3.63) is 57.8 Å². The summed E-state index contributed by atoms with van der Waals surface area (Å²) in [7, 11) is 1.69. The molecule has 194 valence electrons. The van der Waals surface area contributed by atoms with Crippen molar-refractivity contribution in [2.75, 3.05) is 18.0 Å². The molecule has 1 aliphatic heterocycles. The largest absolute Gasteiger partial charge is 0.481 e. The molecule has 4 heterocycles. The van der Waals surface area contributed by atoms with E-state index < -0.39 is 30.8 Å². The maximum Gasteiger partial charge on any atom is 0.303 e. The third kappa shape index (κ3) is 5.82. The lowest BCUT2D eigenvalue weighted by Crippen LogP contribution is -2.48. The number of hydrogen-bond donors (Lipinski definition) is 1. The molecule has 4 rings (SSSR count). The first-order valence-electron chi connectivity index (χ1n) is 11.9. The topological polar surface area (TPSA) is 130 Å². The van der Waals surface area contributed by atoms with E-state index in [1.807, 2.05) is 6.07 Å². The summed E-state index contributed by atoms with van der Waals surface area (Å²) >= 11 is 0. The molecule has 12 heteroatoms. The molecule has 0 spiro atoms. The van der Waals surface area contributed by atoms with Gasteiger partial charge in [0.2, 0.25) is 0 Å². The number of rotatable bonds is 8. The fraction of sp³-hybridized carbons (Fsp3) is 0.440. The maximum atomic E-state index is 14.4. The second-order valence-electron chi connectivity index (χ2n) is 9.34. The summed E-state index contributed by atoms with van der Waals surface area (Å²) in [5.74, 6) is -5.01. The Hall–Kier alpha value is -4.14. The van der Waals surface area contributed by atoms with Gasteiger partial charge in [0, 0.05) is 32.3 Å². The number of alkyl halides is 2. The van der Waals surface area contributed by atoms with Crippen LogP contribution in [0.25, 0.3) is 11.4 Å². The summed E-state index contributed by atoms with van der Waals surface area (Å²) in [6.45, 7) is 1.67. The van der Waals surface area contributed by atoms with Gasteiger partial charge in [-0.2, -0.15) is 5.26 Å². The molecule has 0 aromatic carbocycles. The maximum absolute atomic E-state index is 14.4. The van der Waals surface area contributed by atoms with Crippen LogP contribution in [0.5, 0.6) is 0 Å². The SMILES string of the molecule is CCCc1ccc(=O)n(Cc2c(-c3ccc(N4C[C@@H](CC(=O)O)CC(F)(F)C4)c(C#N)n3)nnn2C)c1. The minimum absolute atomic E-state index is 0.0744. The van der Waals surface area contributed by atoms with E-state index in [2.05, 4.69) is 22.2 Å². The summed E-state index contributed by atoms with van der Waals surface area (Å²) in [5.41, 5.74) is 2.23. The number of anilines is 1. The van der Waals surface area contributed by atoms with E-state index in [4.69, 9.17) is 5.11 Å². The Morgan fingerprint density at radius 1 is 1.30 bits per heavy atom. The minimum Gasteiger partial charge on any atom is -0.481 e. The molecule has 1 N–H and O–H groups in total. The summed E-state index contributed by atoms with van der Waals surface area (Å²) < 4.78 is 31.9. The molecule has 0 aliphatic carbocycles. The average Bonchev–Trinajstić information content (AvgIpc) is 3.19. The van der Waals surface area contributed by atoms with E-state index in [0.717, 1.165) is 18.4 Å². The lowest BCUT2D eigenvalue weighted by molar-refractivity contribution is -0.139. The van der Waals surface area contributed by atoms with Crippen molar-refractivity contribution < 1.29 is 18.7 Å². The number of hydrogen-bond acceptors (Lipinski definition) is 7. The van der Waals surface area contributed by atoms with E-state index in [-0.39, 0.29) is 36.5 Å². The molecular formula is C25H27F2N7O3. The first kappa shape index (κ1) is 25.9. The molecule has 37 heavy (non-hydrogen) atoms. The van der Waals surface area contributed by atoms with Crippen molar-refractivity contribution in [1.29, 1.82) is 5.26 Å². The standard InChI is InChI=1S/C25H27F2N7O3/c1-3-4-16-5-8-22(35)33(12-16)14-21-24(30-31-32(21)2)18-6-7-20(19(11-28)29-18)34-13-17(9-23(36)37)10-25(26,27)15-34/h5-8,12,17H,3-4,9-10,13-15H2,1-2H3,(H,36,37)/t17-/m0/s1. The number of carbonyl (C=O) groups is 1. The highest BCUT2D eigenvalue weighted by molar-refractivity contribution is 5.68. The number of aromatic nitrogens is 5. The fourth-order valence-corrected chi connectivity index (χ4v) is 4.75. The molecule has 3 aromatic heterocycles. The van der Waals surface area contributed by atoms with Crippen LogP contribution in [0.4, 0.5) is 14.5 Å². The number of nitrogens with zero attached hydrogens (tertiary/aromatic N) is 7. The quantitative estimate of drug-likeness (QED) is 0.489. The van der Waals surface area contributed by atoms with Crippen LogP contribution in [0.15, 0.2) is 35.3 Å². The second-order valence-corrected chi connectivity index (χ2v) is 9.34. The van der Waals surface area contributed by atoms with Gasteiger partial charge in [-0.25, -0.2) is 18.4 Å².